The lowest BCUT2D eigenvalue weighted by atomic mass is 10.1. The number of hydrogen-bond donors (Lipinski definition) is 1. The van der Waals surface area contributed by atoms with Crippen LogP contribution in [-0.2, 0) is 0 Å². The lowest BCUT2D eigenvalue weighted by Crippen LogP contribution is -2.45. The number of hydrogen-bond acceptors (Lipinski definition) is 2. The largest absolute Gasteiger partial charge is 0.314 e. The highest BCUT2D eigenvalue weighted by Crippen LogP contribution is 2.21. The third-order valence-electron chi connectivity index (χ3n) is 2.92. The Kier molecular flexibility index (Phi) is 5.74. The van der Waals surface area contributed by atoms with Crippen LogP contribution >= 0.6 is 12.4 Å². The molecule has 1 N–H and O–H groups in total. The van der Waals surface area contributed by atoms with E-state index in [0.717, 1.165) is 31.7 Å². The average molecular weight is 245 g/mol. The van der Waals surface area contributed by atoms with Gasteiger partial charge in [0.05, 0.1) is 6.04 Å². The maximum absolute atomic E-state index is 13.1. The van der Waals surface area contributed by atoms with Crippen LogP contribution in [-0.4, -0.2) is 37.8 Å². The maximum Gasteiger partial charge on any atom is 0.109 e. The molecule has 2 nitrogen and oxygen atoms in total. The zero-order valence-corrected chi connectivity index (χ0v) is 10.0. The van der Waals surface area contributed by atoms with Crippen molar-refractivity contribution in [1.82, 2.24) is 10.2 Å². The van der Waals surface area contributed by atoms with Gasteiger partial charge in [-0.05, 0) is 5.56 Å². The summed E-state index contributed by atoms with van der Waals surface area (Å²) in [5, 5.41) is 3.28. The van der Waals surface area contributed by atoms with Crippen LogP contribution in [0.25, 0.3) is 0 Å². The van der Waals surface area contributed by atoms with E-state index >= 15 is 0 Å². The summed E-state index contributed by atoms with van der Waals surface area (Å²) in [6, 6.07) is 9.86. The van der Waals surface area contributed by atoms with E-state index < -0.39 is 0 Å². The Labute approximate surface area is 102 Å². The monoisotopic (exact) mass is 244 g/mol. The van der Waals surface area contributed by atoms with Crippen molar-refractivity contribution in [3.05, 3.63) is 35.9 Å². The van der Waals surface area contributed by atoms with Crippen LogP contribution in [0.5, 0.6) is 0 Å². The summed E-state index contributed by atoms with van der Waals surface area (Å²) >= 11 is 0. The average Bonchev–Trinajstić information content (AvgIpc) is 2.33. The fourth-order valence-corrected chi connectivity index (χ4v) is 2.07. The summed E-state index contributed by atoms with van der Waals surface area (Å²) in [6.07, 6.45) is 0. The molecule has 0 bridgehead atoms. The van der Waals surface area contributed by atoms with Gasteiger partial charge >= 0.3 is 0 Å². The number of piperazine rings is 1. The van der Waals surface area contributed by atoms with Crippen molar-refractivity contribution >= 4 is 12.4 Å². The van der Waals surface area contributed by atoms with E-state index in [1.54, 1.807) is 0 Å². The highest BCUT2D eigenvalue weighted by atomic mass is 35.5. The van der Waals surface area contributed by atoms with E-state index in [4.69, 9.17) is 0 Å². The number of alkyl halides is 1. The Balaban J connectivity index is 0.00000128. The van der Waals surface area contributed by atoms with Crippen LogP contribution in [0.1, 0.15) is 11.6 Å². The summed E-state index contributed by atoms with van der Waals surface area (Å²) in [6.45, 7) is 3.49. The predicted molar refractivity (Wildman–Crippen MR) is 66.8 cm³/mol. The van der Waals surface area contributed by atoms with Crippen molar-refractivity contribution in [2.45, 2.75) is 6.04 Å². The van der Waals surface area contributed by atoms with Gasteiger partial charge in [-0.3, -0.25) is 4.90 Å². The molecule has 1 aliphatic heterocycles. The van der Waals surface area contributed by atoms with Gasteiger partial charge in [0, 0.05) is 26.2 Å². The Morgan fingerprint density at radius 2 is 1.81 bits per heavy atom. The Bertz CT molecular complexity index is 288. The van der Waals surface area contributed by atoms with Crippen molar-refractivity contribution in [1.29, 1.82) is 0 Å². The number of nitrogens with zero attached hydrogens (tertiary/aromatic N) is 1. The van der Waals surface area contributed by atoms with Gasteiger partial charge in [-0.2, -0.15) is 0 Å². The normalized spacial score (nSPS) is 18.8. The lowest BCUT2D eigenvalue weighted by Gasteiger charge is -2.33. The first-order valence-electron chi connectivity index (χ1n) is 5.47. The van der Waals surface area contributed by atoms with E-state index in [9.17, 15) is 4.39 Å². The zero-order chi connectivity index (χ0) is 10.5. The Morgan fingerprint density at radius 3 is 2.38 bits per heavy atom. The second kappa shape index (κ2) is 6.84. The molecule has 1 saturated heterocycles. The minimum Gasteiger partial charge on any atom is -0.314 e. The SMILES string of the molecule is Cl.FC[C@@H](c1ccccc1)N1CCNCC1. The molecule has 1 aromatic rings. The minimum absolute atomic E-state index is 0. The second-order valence-electron chi connectivity index (χ2n) is 3.87. The quantitative estimate of drug-likeness (QED) is 0.875. The van der Waals surface area contributed by atoms with Gasteiger partial charge in [0.1, 0.15) is 6.67 Å². The summed E-state index contributed by atoms with van der Waals surface area (Å²) in [7, 11) is 0. The molecule has 0 radical (unpaired) electrons. The highest BCUT2D eigenvalue weighted by Gasteiger charge is 2.21. The molecular formula is C12H18ClFN2. The Morgan fingerprint density at radius 1 is 1.19 bits per heavy atom. The summed E-state index contributed by atoms with van der Waals surface area (Å²) in [4.78, 5) is 2.21. The van der Waals surface area contributed by atoms with E-state index in [1.165, 1.54) is 0 Å². The minimum atomic E-state index is -0.302. The molecule has 1 atom stereocenters. The number of halogens is 2. The van der Waals surface area contributed by atoms with Crippen LogP contribution in [0.3, 0.4) is 0 Å². The summed E-state index contributed by atoms with van der Waals surface area (Å²) in [5.41, 5.74) is 1.09. The van der Waals surface area contributed by atoms with Crippen LogP contribution in [0.2, 0.25) is 0 Å². The van der Waals surface area contributed by atoms with Gasteiger partial charge < -0.3 is 5.32 Å². The molecule has 0 amide bonds. The second-order valence-corrected chi connectivity index (χ2v) is 3.87. The van der Waals surface area contributed by atoms with Crippen LogP contribution in [0.4, 0.5) is 4.39 Å². The number of benzene rings is 1. The first kappa shape index (κ1) is 13.4. The van der Waals surface area contributed by atoms with Crippen molar-refractivity contribution in [3.8, 4) is 0 Å². The number of nitrogens with one attached hydrogen (secondary N) is 1. The topological polar surface area (TPSA) is 15.3 Å². The summed E-state index contributed by atoms with van der Waals surface area (Å²) < 4.78 is 13.1. The van der Waals surface area contributed by atoms with E-state index in [-0.39, 0.29) is 25.1 Å². The fourth-order valence-electron chi connectivity index (χ4n) is 2.07. The number of rotatable bonds is 3. The van der Waals surface area contributed by atoms with Crippen molar-refractivity contribution in [3.63, 3.8) is 0 Å². The molecule has 1 aromatic carbocycles. The third kappa shape index (κ3) is 3.17. The standard InChI is InChI=1S/C12H17FN2.ClH/c13-10-12(11-4-2-1-3-5-11)15-8-6-14-7-9-15;/h1-5,12,14H,6-10H2;1H/t12-;/m0./s1. The van der Waals surface area contributed by atoms with Gasteiger partial charge in [0.15, 0.2) is 0 Å². The molecule has 90 valence electrons. The molecule has 1 fully saturated rings. The van der Waals surface area contributed by atoms with Gasteiger partial charge in [-0.15, -0.1) is 12.4 Å². The fraction of sp³-hybridized carbons (Fsp3) is 0.500. The molecule has 1 heterocycles. The first-order valence-corrected chi connectivity index (χ1v) is 5.47. The molecule has 16 heavy (non-hydrogen) atoms. The smallest absolute Gasteiger partial charge is 0.109 e. The van der Waals surface area contributed by atoms with Crippen LogP contribution in [0, 0.1) is 0 Å². The zero-order valence-electron chi connectivity index (χ0n) is 9.23. The van der Waals surface area contributed by atoms with Gasteiger partial charge in [0.25, 0.3) is 0 Å². The molecular weight excluding hydrogens is 227 g/mol. The molecule has 2 rings (SSSR count). The molecule has 0 aliphatic carbocycles. The van der Waals surface area contributed by atoms with Crippen LogP contribution in [0.15, 0.2) is 30.3 Å². The van der Waals surface area contributed by atoms with Gasteiger partial charge in [0.2, 0.25) is 0 Å². The molecule has 1 aliphatic rings. The molecule has 4 heteroatoms. The lowest BCUT2D eigenvalue weighted by molar-refractivity contribution is 0.147. The molecule has 0 unspecified atom stereocenters. The van der Waals surface area contributed by atoms with E-state index in [2.05, 4.69) is 10.2 Å². The van der Waals surface area contributed by atoms with E-state index in [0.29, 0.717) is 0 Å². The third-order valence-corrected chi connectivity index (χ3v) is 2.92. The predicted octanol–water partition coefficient (Wildman–Crippen LogP) is 2.02. The van der Waals surface area contributed by atoms with Crippen molar-refractivity contribution < 1.29 is 4.39 Å². The van der Waals surface area contributed by atoms with Crippen molar-refractivity contribution in [2.75, 3.05) is 32.9 Å². The van der Waals surface area contributed by atoms with Crippen LogP contribution < -0.4 is 5.32 Å². The summed E-state index contributed by atoms with van der Waals surface area (Å²) in [5.74, 6) is 0. The van der Waals surface area contributed by atoms with Crippen molar-refractivity contribution in [2.24, 2.45) is 0 Å². The molecule has 0 spiro atoms. The molecule has 0 aromatic heterocycles. The maximum atomic E-state index is 13.1. The van der Waals surface area contributed by atoms with E-state index in [1.807, 2.05) is 30.3 Å². The van der Waals surface area contributed by atoms with Gasteiger partial charge in [-0.25, -0.2) is 4.39 Å². The highest BCUT2D eigenvalue weighted by molar-refractivity contribution is 5.85. The first-order chi connectivity index (χ1) is 7.42. The Hall–Kier alpha value is -0.640. The molecule has 0 saturated carbocycles. The van der Waals surface area contributed by atoms with Gasteiger partial charge in [-0.1, -0.05) is 30.3 Å².